The molecule has 0 unspecified atom stereocenters. The molecule has 0 spiro atoms. The van der Waals surface area contributed by atoms with Gasteiger partial charge in [-0.25, -0.2) is 0 Å². The quantitative estimate of drug-likeness (QED) is 0.911. The number of hydrogen-bond acceptors (Lipinski definition) is 3. The van der Waals surface area contributed by atoms with Gasteiger partial charge < -0.3 is 10.1 Å². The Labute approximate surface area is 118 Å². The monoisotopic (exact) mass is 299 g/mol. The van der Waals surface area contributed by atoms with Crippen molar-refractivity contribution in [2.45, 2.75) is 6.18 Å². The van der Waals surface area contributed by atoms with E-state index < -0.39 is 18.6 Å². The van der Waals surface area contributed by atoms with Crippen LogP contribution in [0.3, 0.4) is 0 Å². The van der Waals surface area contributed by atoms with Gasteiger partial charge in [-0.2, -0.15) is 18.3 Å². The summed E-state index contributed by atoms with van der Waals surface area (Å²) >= 11 is 0. The van der Waals surface area contributed by atoms with E-state index in [1.807, 2.05) is 0 Å². The van der Waals surface area contributed by atoms with Crippen LogP contribution in [0.1, 0.15) is 10.5 Å². The molecule has 2 rings (SSSR count). The van der Waals surface area contributed by atoms with Gasteiger partial charge in [0.1, 0.15) is 18.0 Å². The number of carbonyl (C=O) groups is 1. The van der Waals surface area contributed by atoms with Crippen LogP contribution in [0.5, 0.6) is 5.75 Å². The van der Waals surface area contributed by atoms with Crippen molar-refractivity contribution in [2.24, 2.45) is 0 Å². The second-order valence-corrected chi connectivity index (χ2v) is 4.16. The summed E-state index contributed by atoms with van der Waals surface area (Å²) in [5.74, 6) is -0.327. The Hall–Kier alpha value is -2.51. The van der Waals surface area contributed by atoms with E-state index in [1.54, 1.807) is 29.6 Å². The fraction of sp³-hybridized carbons (Fsp3) is 0.231. The number of nitrogens with one attached hydrogen (secondary N) is 2. The number of halogens is 3. The third kappa shape index (κ3) is 3.74. The minimum atomic E-state index is -4.46. The Kier molecular flexibility index (Phi) is 4.15. The van der Waals surface area contributed by atoms with Crippen molar-refractivity contribution < 1.29 is 22.7 Å². The van der Waals surface area contributed by atoms with E-state index in [0.29, 0.717) is 17.0 Å². The molecule has 8 heteroatoms. The summed E-state index contributed by atoms with van der Waals surface area (Å²) in [6.45, 7) is -1.39. The number of para-hydroxylation sites is 1. The van der Waals surface area contributed by atoms with Crippen molar-refractivity contribution in [1.29, 1.82) is 0 Å². The fourth-order valence-electron chi connectivity index (χ4n) is 1.71. The van der Waals surface area contributed by atoms with E-state index in [0.717, 1.165) is 0 Å². The number of aromatic nitrogens is 2. The van der Waals surface area contributed by atoms with Crippen molar-refractivity contribution in [1.82, 2.24) is 15.5 Å². The van der Waals surface area contributed by atoms with Crippen molar-refractivity contribution in [3.8, 4) is 17.0 Å². The minimum absolute atomic E-state index is 0.0554. The predicted octanol–water partition coefficient (Wildman–Crippen LogP) is 2.38. The number of methoxy groups -OCH3 is 1. The van der Waals surface area contributed by atoms with Crippen molar-refractivity contribution in [2.75, 3.05) is 13.7 Å². The van der Waals surface area contributed by atoms with E-state index in [4.69, 9.17) is 4.74 Å². The molecule has 0 aliphatic heterocycles. The van der Waals surface area contributed by atoms with Crippen LogP contribution in [0, 0.1) is 0 Å². The molecule has 2 N–H and O–H groups in total. The lowest BCUT2D eigenvalue weighted by Gasteiger charge is -2.06. The summed E-state index contributed by atoms with van der Waals surface area (Å²) in [4.78, 5) is 11.6. The standard InChI is InChI=1S/C13H12F3N3O2/c1-21-11-5-3-2-4-8(11)9-6-10(19-18-9)12(20)17-7-13(14,15)16/h2-6H,7H2,1H3,(H,17,20)(H,18,19). The molecular formula is C13H12F3N3O2. The molecule has 0 saturated carbocycles. The van der Waals surface area contributed by atoms with Gasteiger partial charge in [0.2, 0.25) is 0 Å². The zero-order valence-electron chi connectivity index (χ0n) is 11.0. The lowest BCUT2D eigenvalue weighted by molar-refractivity contribution is -0.123. The summed E-state index contributed by atoms with van der Waals surface area (Å²) in [6, 6.07) is 8.34. The Morgan fingerprint density at radius 2 is 2.10 bits per heavy atom. The van der Waals surface area contributed by atoms with Gasteiger partial charge in [-0.3, -0.25) is 9.89 Å². The van der Waals surface area contributed by atoms with Crippen LogP contribution < -0.4 is 10.1 Å². The summed E-state index contributed by atoms with van der Waals surface area (Å²) in [5.41, 5.74) is 0.982. The number of nitrogens with zero attached hydrogens (tertiary/aromatic N) is 1. The second-order valence-electron chi connectivity index (χ2n) is 4.16. The largest absolute Gasteiger partial charge is 0.496 e. The molecule has 0 bridgehead atoms. The second kappa shape index (κ2) is 5.86. The third-order valence-electron chi connectivity index (χ3n) is 2.65. The number of benzene rings is 1. The van der Waals surface area contributed by atoms with Gasteiger partial charge in [0, 0.05) is 5.56 Å². The number of hydrogen-bond donors (Lipinski definition) is 2. The summed E-state index contributed by atoms with van der Waals surface area (Å²) in [5, 5.41) is 8.09. The van der Waals surface area contributed by atoms with Crippen LogP contribution in [0.25, 0.3) is 11.3 Å². The Morgan fingerprint density at radius 3 is 2.76 bits per heavy atom. The van der Waals surface area contributed by atoms with Gasteiger partial charge in [0.05, 0.1) is 12.8 Å². The SMILES string of the molecule is COc1ccccc1-c1cc(C(=O)NCC(F)(F)F)[nH]n1. The molecule has 1 aromatic heterocycles. The first-order valence-corrected chi connectivity index (χ1v) is 5.94. The maximum absolute atomic E-state index is 12.0. The molecule has 112 valence electrons. The maximum Gasteiger partial charge on any atom is 0.405 e. The number of rotatable bonds is 4. The number of alkyl halides is 3. The van der Waals surface area contributed by atoms with Gasteiger partial charge in [0.15, 0.2) is 0 Å². The molecule has 0 saturated heterocycles. The number of aromatic amines is 1. The maximum atomic E-state index is 12.0. The molecule has 1 amide bonds. The zero-order chi connectivity index (χ0) is 15.5. The molecule has 5 nitrogen and oxygen atoms in total. The van der Waals surface area contributed by atoms with E-state index in [9.17, 15) is 18.0 Å². The zero-order valence-corrected chi connectivity index (χ0v) is 11.0. The summed E-state index contributed by atoms with van der Waals surface area (Å²) < 4.78 is 41.3. The van der Waals surface area contributed by atoms with Gasteiger partial charge in [-0.1, -0.05) is 12.1 Å². The van der Waals surface area contributed by atoms with Crippen LogP contribution in [-0.4, -0.2) is 35.9 Å². The van der Waals surface area contributed by atoms with E-state index in [-0.39, 0.29) is 5.69 Å². The van der Waals surface area contributed by atoms with Crippen LogP contribution in [0.4, 0.5) is 13.2 Å². The van der Waals surface area contributed by atoms with Gasteiger partial charge in [0.25, 0.3) is 5.91 Å². The highest BCUT2D eigenvalue weighted by atomic mass is 19.4. The highest BCUT2D eigenvalue weighted by Gasteiger charge is 2.28. The molecule has 0 aliphatic rings. The summed E-state index contributed by atoms with van der Waals surface area (Å²) in [7, 11) is 1.49. The first kappa shape index (κ1) is 14.9. The first-order chi connectivity index (χ1) is 9.90. The molecule has 0 radical (unpaired) electrons. The van der Waals surface area contributed by atoms with Crippen LogP contribution >= 0.6 is 0 Å². The average molecular weight is 299 g/mol. The topological polar surface area (TPSA) is 67.0 Å². The normalized spacial score (nSPS) is 11.2. The highest BCUT2D eigenvalue weighted by molar-refractivity contribution is 5.93. The Balaban J connectivity index is 2.16. The van der Waals surface area contributed by atoms with Crippen LogP contribution in [-0.2, 0) is 0 Å². The molecule has 21 heavy (non-hydrogen) atoms. The lowest BCUT2D eigenvalue weighted by atomic mass is 10.1. The number of ether oxygens (including phenoxy) is 1. The smallest absolute Gasteiger partial charge is 0.405 e. The van der Waals surface area contributed by atoms with E-state index in [1.165, 1.54) is 13.2 Å². The third-order valence-corrected chi connectivity index (χ3v) is 2.65. The lowest BCUT2D eigenvalue weighted by Crippen LogP contribution is -2.33. The molecule has 1 aromatic carbocycles. The molecule has 0 fully saturated rings. The van der Waals surface area contributed by atoms with Crippen LogP contribution in [0.2, 0.25) is 0 Å². The highest BCUT2D eigenvalue weighted by Crippen LogP contribution is 2.28. The Morgan fingerprint density at radius 1 is 1.38 bits per heavy atom. The summed E-state index contributed by atoms with van der Waals surface area (Å²) in [6.07, 6.45) is -4.46. The molecule has 0 aliphatic carbocycles. The van der Waals surface area contributed by atoms with Gasteiger partial charge >= 0.3 is 6.18 Å². The molecular weight excluding hydrogens is 287 g/mol. The minimum Gasteiger partial charge on any atom is -0.496 e. The number of H-pyrrole nitrogens is 1. The van der Waals surface area contributed by atoms with E-state index in [2.05, 4.69) is 10.2 Å². The molecule has 1 heterocycles. The van der Waals surface area contributed by atoms with Gasteiger partial charge in [-0.15, -0.1) is 0 Å². The average Bonchev–Trinajstić information content (AvgIpc) is 2.93. The van der Waals surface area contributed by atoms with Crippen molar-refractivity contribution in [3.63, 3.8) is 0 Å². The van der Waals surface area contributed by atoms with Crippen molar-refractivity contribution >= 4 is 5.91 Å². The van der Waals surface area contributed by atoms with E-state index >= 15 is 0 Å². The van der Waals surface area contributed by atoms with Crippen LogP contribution in [0.15, 0.2) is 30.3 Å². The number of amides is 1. The first-order valence-electron chi connectivity index (χ1n) is 5.94. The number of carbonyl (C=O) groups excluding carboxylic acids is 1. The fourth-order valence-corrected chi connectivity index (χ4v) is 1.71. The van der Waals surface area contributed by atoms with Gasteiger partial charge in [-0.05, 0) is 18.2 Å². The predicted molar refractivity (Wildman–Crippen MR) is 69.0 cm³/mol. The van der Waals surface area contributed by atoms with Crippen molar-refractivity contribution in [3.05, 3.63) is 36.0 Å². The molecule has 0 atom stereocenters. The molecule has 2 aromatic rings. The Bertz CT molecular complexity index is 638.